The van der Waals surface area contributed by atoms with Crippen LogP contribution in [-0.4, -0.2) is 0 Å². The van der Waals surface area contributed by atoms with Crippen molar-refractivity contribution in [3.8, 4) is 200 Å². The summed E-state index contributed by atoms with van der Waals surface area (Å²) in [4.78, 5) is 0. The quantitative estimate of drug-likeness (QED) is 0.133. The molecule has 34 aliphatic carbocycles. The van der Waals surface area contributed by atoms with Crippen LogP contribution in [0.25, 0.3) is 206 Å². The van der Waals surface area contributed by atoms with Crippen LogP contribution >= 0.6 is 0 Å². The minimum absolute atomic E-state index is 0.350. The van der Waals surface area contributed by atoms with Gasteiger partial charge in [-0.2, -0.15) is 0 Å². The molecule has 3 atom stereocenters. The van der Waals surface area contributed by atoms with Crippen molar-refractivity contribution < 1.29 is 0 Å². The molecule has 34 aliphatic rings. The van der Waals surface area contributed by atoms with Crippen LogP contribution < -0.4 is 0 Å². The van der Waals surface area contributed by atoms with Gasteiger partial charge in [-0.05, 0) is 284 Å². The van der Waals surface area contributed by atoms with Gasteiger partial charge in [0.1, 0.15) is 0 Å². The first-order chi connectivity index (χ1) is 69.7. The molecule has 0 spiro atoms. The molecule has 0 heterocycles. The highest BCUT2D eigenvalue weighted by Crippen LogP contribution is 2.44. The molecule has 46 bridgehead atoms. The van der Waals surface area contributed by atoms with Crippen molar-refractivity contribution in [3.63, 3.8) is 0 Å². The van der Waals surface area contributed by atoms with Gasteiger partial charge in [0.2, 0.25) is 0 Å². The van der Waals surface area contributed by atoms with E-state index in [-0.39, 0.29) is 0 Å². The minimum atomic E-state index is 0.350. The predicted octanol–water partition coefficient (Wildman–Crippen LogP) is 38.5. The molecular weight excluding hydrogens is 1690 g/mol. The molecule has 0 N–H and O–H groups in total. The van der Waals surface area contributed by atoms with Crippen LogP contribution in [0.3, 0.4) is 0 Å². The van der Waals surface area contributed by atoms with E-state index >= 15 is 0 Å². The predicted molar refractivity (Wildman–Crippen MR) is 598 cm³/mol. The molecule has 668 valence electrons. The zero-order chi connectivity index (χ0) is 93.7. The van der Waals surface area contributed by atoms with Crippen LogP contribution in [0, 0.1) is 0 Å². The summed E-state index contributed by atoms with van der Waals surface area (Å²) >= 11 is 0. The van der Waals surface area contributed by atoms with Crippen LogP contribution in [-0.2, 0) is 12.8 Å². The molecule has 21 aromatic rings. The van der Waals surface area contributed by atoms with Crippen LogP contribution in [0.2, 0.25) is 0 Å². The Bertz CT molecular complexity index is 8040. The summed E-state index contributed by atoms with van der Waals surface area (Å²) in [5.41, 5.74) is 53.1. The van der Waals surface area contributed by atoms with Gasteiger partial charge >= 0.3 is 0 Å². The van der Waals surface area contributed by atoms with E-state index in [0.717, 1.165) is 38.5 Å². The van der Waals surface area contributed by atoms with Gasteiger partial charge in [-0.15, -0.1) is 0 Å². The molecule has 0 fully saturated rings. The Morgan fingerprint density at radius 1 is 0.135 bits per heavy atom. The van der Waals surface area contributed by atoms with E-state index in [4.69, 9.17) is 0 Å². The second-order valence-corrected chi connectivity index (χ2v) is 38.4. The fourth-order valence-electron chi connectivity index (χ4n) is 21.2. The van der Waals surface area contributed by atoms with Crippen LogP contribution in [0.1, 0.15) is 76.8 Å². The summed E-state index contributed by atoms with van der Waals surface area (Å²) in [5, 5.41) is 0. The number of aryl methyl sites for hydroxylation is 2. The van der Waals surface area contributed by atoms with Crippen molar-refractivity contribution in [2.45, 2.75) is 56.3 Å². The largest absolute Gasteiger partial charge is 0.0873 e. The Kier molecular flexibility index (Phi) is 24.1. The van der Waals surface area contributed by atoms with E-state index in [1.165, 1.54) is 239 Å². The molecule has 0 aliphatic heterocycles. The zero-order valence-corrected chi connectivity index (χ0v) is 78.9. The number of rotatable bonds is 0. The molecular formula is C141H104. The van der Waals surface area contributed by atoms with Crippen LogP contribution in [0.15, 0.2) is 540 Å². The van der Waals surface area contributed by atoms with Gasteiger partial charge in [-0.25, -0.2) is 0 Å². The van der Waals surface area contributed by atoms with Crippen molar-refractivity contribution in [2.24, 2.45) is 0 Å². The Labute approximate surface area is 829 Å². The van der Waals surface area contributed by atoms with Gasteiger partial charge in [-0.1, -0.05) is 540 Å². The fourth-order valence-corrected chi connectivity index (χ4v) is 21.2. The lowest BCUT2D eigenvalue weighted by Crippen LogP contribution is -2.09. The molecule has 0 heteroatoms. The summed E-state index contributed by atoms with van der Waals surface area (Å²) in [6.45, 7) is 0. The highest BCUT2D eigenvalue weighted by molar-refractivity contribution is 5.85. The highest BCUT2D eigenvalue weighted by atomic mass is 14.3. The highest BCUT2D eigenvalue weighted by Gasteiger charge is 2.23. The maximum Gasteiger partial charge on any atom is 0.00242 e. The first-order valence-corrected chi connectivity index (χ1v) is 49.9. The van der Waals surface area contributed by atoms with Gasteiger partial charge in [0.05, 0.1) is 0 Å². The molecule has 141 heavy (non-hydrogen) atoms. The monoisotopic (exact) mass is 1800 g/mol. The molecule has 21 aromatic carbocycles. The number of allylic oxidation sites excluding steroid dienone is 6. The molecule has 3 unspecified atom stereocenters. The summed E-state index contributed by atoms with van der Waals surface area (Å²) in [7, 11) is 0. The number of benzene rings is 21. The Morgan fingerprint density at radius 3 is 0.482 bits per heavy atom. The molecule has 0 aromatic heterocycles. The number of hydrogen-bond donors (Lipinski definition) is 0. The molecule has 0 radical (unpaired) electrons. The lowest BCUT2D eigenvalue weighted by molar-refractivity contribution is 0.567. The third-order valence-electron chi connectivity index (χ3n) is 29.9. The van der Waals surface area contributed by atoms with Crippen molar-refractivity contribution >= 4 is 5.57 Å². The Hall–Kier alpha value is -17.2. The third-order valence-corrected chi connectivity index (χ3v) is 29.9. The maximum atomic E-state index is 2.43. The topological polar surface area (TPSA) is 0 Å². The van der Waals surface area contributed by atoms with Gasteiger partial charge in [0.25, 0.3) is 0 Å². The smallest absolute Gasteiger partial charge is 0.00242 e. The van der Waals surface area contributed by atoms with Crippen LogP contribution in [0.4, 0.5) is 0 Å². The van der Waals surface area contributed by atoms with E-state index in [0.29, 0.717) is 17.8 Å². The normalized spacial score (nSPS) is 14.3. The lowest BCUT2D eigenvalue weighted by atomic mass is 9.79. The van der Waals surface area contributed by atoms with Gasteiger partial charge in [-0.3, -0.25) is 0 Å². The van der Waals surface area contributed by atoms with E-state index in [1.54, 1.807) is 0 Å². The van der Waals surface area contributed by atoms with Crippen molar-refractivity contribution in [2.75, 3.05) is 0 Å². The van der Waals surface area contributed by atoms with Gasteiger partial charge in [0, 0.05) is 11.8 Å². The molecule has 0 saturated heterocycles. The average molecular weight is 1800 g/mol. The Morgan fingerprint density at radius 2 is 0.291 bits per heavy atom. The standard InChI is InChI=1S/C141H104/c1-3-98-17-18-99(4-1)103-21-25-107(26-22-103)110-37-41-113(42-38-110)116-49-53-119(54-50-116)121-59-61-122(62-60-121)123-63-65-124(66-64-123)125-67-69-126(70-68-125)127-71-73-128(74-72-127)129-75-77-130(78-76-129)131-79-81-132(82-80-131)133-83-85-135(86-84-133)137-89-93-139(94-90-137)141-6-2-5-140(95-141)138-91-87-136(88-92-138)134-33-29-105(30-34-134)101-15-11-97(12-16-101)8-7-96-9-13-100(14-10-96)104-27-31-108(32-28-104)111-43-45-114(46-44-111)117-55-57-120(58-56-117)118-51-47-115(48-52-118)112-39-35-109(36-40-112)106-23-19-102(98)20-24-106/h1-5,9-16,19-94,98,140-141H,6-8,17-18,95H2. The fraction of sp³-hybridized carbons (Fsp3) is 0.0638. The van der Waals surface area contributed by atoms with E-state index < -0.39 is 0 Å². The molecule has 0 saturated carbocycles. The number of fused-ring (bicyclic) bond motifs is 1. The van der Waals surface area contributed by atoms with Gasteiger partial charge < -0.3 is 0 Å². The molecule has 55 rings (SSSR count). The third kappa shape index (κ3) is 19.1. The molecule has 0 nitrogen and oxygen atoms in total. The van der Waals surface area contributed by atoms with E-state index in [2.05, 4.69) is 540 Å². The lowest BCUT2D eigenvalue weighted by Gasteiger charge is -2.26. The summed E-state index contributed by atoms with van der Waals surface area (Å²) in [5.74, 6) is 1.20. The van der Waals surface area contributed by atoms with E-state index in [1.807, 2.05) is 0 Å². The van der Waals surface area contributed by atoms with Crippen molar-refractivity contribution in [3.05, 3.63) is 573 Å². The van der Waals surface area contributed by atoms with E-state index in [9.17, 15) is 0 Å². The first kappa shape index (κ1) is 86.7. The van der Waals surface area contributed by atoms with Crippen LogP contribution in [0.5, 0.6) is 0 Å². The summed E-state index contributed by atoms with van der Waals surface area (Å²) in [6.07, 6.45) is 18.0. The van der Waals surface area contributed by atoms with Crippen molar-refractivity contribution in [1.82, 2.24) is 0 Å². The minimum Gasteiger partial charge on any atom is -0.0873 e. The van der Waals surface area contributed by atoms with Crippen molar-refractivity contribution in [1.29, 1.82) is 0 Å². The SMILES string of the molecule is C1=CC2CCC(=C1)c1ccc(cc1)-c1ccc(cc1)-c1ccc(cc1)-c1ccc(cc1)-c1ccc(cc1)-c1ccc(cc1)-c1ccc(cc1)-c1ccc(cc1)-c1ccc(cc1)-c1ccc(cc1)-c1ccc(cc1)C1CC=CC(C1)c1ccc(cc1)-c1ccc(cc1)-c1ccc(cc1)CCc1ccc(cc1)-c1ccc(cc1)-c1ccc(cc1)-c1ccc(cc1)-c1ccc(cc1)-c1ccc(cc1)-c1ccc2cc1. The Balaban J connectivity index is 0.423. The second-order valence-electron chi connectivity index (χ2n) is 38.4. The molecule has 0 amide bonds. The zero-order valence-electron chi connectivity index (χ0n) is 78.9. The average Bonchev–Trinajstić information content (AvgIpc) is 1.15. The number of hydrogen-bond acceptors (Lipinski definition) is 0. The summed E-state index contributed by atoms with van der Waals surface area (Å²) < 4.78 is 0. The maximum absolute atomic E-state index is 2.43. The summed E-state index contributed by atoms with van der Waals surface area (Å²) in [6, 6.07) is 190. The van der Waals surface area contributed by atoms with Gasteiger partial charge in [0.15, 0.2) is 0 Å². The first-order valence-electron chi connectivity index (χ1n) is 49.9. The second kappa shape index (κ2) is 39.1.